The Kier molecular flexibility index (Phi) is 13.9. The van der Waals surface area contributed by atoms with Gasteiger partial charge in [0.15, 0.2) is 18.1 Å². The number of carbonyl (C=O) groups excluding carboxylic acids is 3. The molecule has 0 bridgehead atoms. The van der Waals surface area contributed by atoms with Gasteiger partial charge >= 0.3 is 24.6 Å². The first-order valence-corrected chi connectivity index (χ1v) is 20.3. The van der Waals surface area contributed by atoms with Crippen molar-refractivity contribution in [3.63, 3.8) is 0 Å². The molecule has 2 saturated carbocycles. The number of halogens is 4. The molecule has 2 fully saturated rings. The predicted molar refractivity (Wildman–Crippen MR) is 201 cm³/mol. The van der Waals surface area contributed by atoms with E-state index >= 15 is 0 Å². The summed E-state index contributed by atoms with van der Waals surface area (Å²) in [6.07, 6.45) is 4.53. The number of rotatable bonds is 18. The summed E-state index contributed by atoms with van der Waals surface area (Å²) < 4.78 is 85.4. The minimum atomic E-state index is -4.25. The van der Waals surface area contributed by atoms with Crippen LogP contribution >= 0.6 is 23.2 Å². The van der Waals surface area contributed by atoms with Gasteiger partial charge in [0.1, 0.15) is 23.1 Å². The van der Waals surface area contributed by atoms with Crippen LogP contribution in [-0.2, 0) is 46.7 Å². The van der Waals surface area contributed by atoms with Crippen LogP contribution in [0.3, 0.4) is 0 Å². The fourth-order valence-corrected chi connectivity index (χ4v) is 6.61. The van der Waals surface area contributed by atoms with Gasteiger partial charge in [0.2, 0.25) is 10.0 Å². The number of carbonyl (C=O) groups is 3. The van der Waals surface area contributed by atoms with Crippen molar-refractivity contribution in [2.24, 2.45) is 11.8 Å². The lowest BCUT2D eigenvalue weighted by atomic mass is 10.0. The van der Waals surface area contributed by atoms with Crippen LogP contribution in [0, 0.1) is 11.8 Å². The summed E-state index contributed by atoms with van der Waals surface area (Å²) in [6.45, 7) is 1.37. The number of ether oxygens (including phenoxy) is 6. The number of pyridine rings is 1. The first-order chi connectivity index (χ1) is 26.4. The molecular weight excluding hydrogens is 801 g/mol. The highest BCUT2D eigenvalue weighted by Crippen LogP contribution is 2.39. The molecule has 2 aliphatic carbocycles. The van der Waals surface area contributed by atoms with E-state index in [1.165, 1.54) is 48.8 Å². The first-order valence-electron chi connectivity index (χ1n) is 17.7. The Morgan fingerprint density at radius 2 is 1.50 bits per heavy atom. The SMILES string of the molecule is CC(C)(C)OC(=O)N(c1cc(CC(=O)OCC(=O)O[C@@H](Cc2c(Cl)cncc2Cl)c2ccc(OC(F)F)c(OCC3CC3)c2)ccc1OCC1CC1)S(C)(=O)=O. The number of aromatic nitrogens is 1. The molecular formula is C38H42Cl2F2N2O11S. The van der Waals surface area contributed by atoms with Crippen molar-refractivity contribution in [1.82, 2.24) is 4.98 Å². The van der Waals surface area contributed by atoms with Crippen molar-refractivity contribution < 1.29 is 60.0 Å². The van der Waals surface area contributed by atoms with Crippen LogP contribution in [0.4, 0.5) is 19.3 Å². The molecule has 3 aromatic rings. The Morgan fingerprint density at radius 3 is 2.07 bits per heavy atom. The van der Waals surface area contributed by atoms with Crippen molar-refractivity contribution in [2.75, 3.05) is 30.4 Å². The summed E-state index contributed by atoms with van der Waals surface area (Å²) in [4.78, 5) is 43.4. The fraction of sp³-hybridized carbons (Fsp3) is 0.474. The molecule has 2 aromatic carbocycles. The van der Waals surface area contributed by atoms with E-state index in [1.807, 2.05) is 0 Å². The lowest BCUT2D eigenvalue weighted by Crippen LogP contribution is -2.40. The second-order valence-electron chi connectivity index (χ2n) is 14.5. The maximum Gasteiger partial charge on any atom is 0.429 e. The molecule has 0 spiro atoms. The highest BCUT2D eigenvalue weighted by atomic mass is 35.5. The number of nitrogens with zero attached hydrogens (tertiary/aromatic N) is 2. The number of hydrogen-bond donors (Lipinski definition) is 0. The molecule has 304 valence electrons. The lowest BCUT2D eigenvalue weighted by molar-refractivity contribution is -0.162. The standard InChI is InChI=1S/C38H42Cl2F2N2O11S/c1-38(2,3)55-37(47)44(56(4,48)49)29-13-24(9-11-30(29)50-19-22-5-6-22)14-34(45)52-21-35(46)53-32(16-26-27(39)17-43-18-28(26)40)25-10-12-31(54-36(41)42)33(15-25)51-20-23-7-8-23/h9-13,15,17-18,22-23,32,36H,5-8,14,16,19-21H2,1-4H3/t32-/m0/s1. The molecule has 0 saturated heterocycles. The summed E-state index contributed by atoms with van der Waals surface area (Å²) in [5.41, 5.74) is -0.258. The topological polar surface area (TPSA) is 157 Å². The minimum Gasteiger partial charge on any atom is -0.491 e. The molecule has 0 radical (unpaired) electrons. The number of anilines is 1. The van der Waals surface area contributed by atoms with Gasteiger partial charge in [-0.15, -0.1) is 0 Å². The Hall–Kier alpha value is -4.41. The summed E-state index contributed by atoms with van der Waals surface area (Å²) in [5.74, 6) is -1.39. The zero-order valence-electron chi connectivity index (χ0n) is 31.1. The second-order valence-corrected chi connectivity index (χ2v) is 17.2. The lowest BCUT2D eigenvalue weighted by Gasteiger charge is -2.27. The van der Waals surface area contributed by atoms with E-state index in [4.69, 9.17) is 46.9 Å². The van der Waals surface area contributed by atoms with E-state index in [2.05, 4.69) is 9.72 Å². The van der Waals surface area contributed by atoms with Gasteiger partial charge in [-0.1, -0.05) is 35.3 Å². The monoisotopic (exact) mass is 842 g/mol. The summed E-state index contributed by atoms with van der Waals surface area (Å²) in [5, 5.41) is 0.356. The zero-order valence-corrected chi connectivity index (χ0v) is 33.4. The van der Waals surface area contributed by atoms with Crippen molar-refractivity contribution in [2.45, 2.75) is 77.6 Å². The van der Waals surface area contributed by atoms with Gasteiger partial charge in [-0.05, 0) is 99.2 Å². The molecule has 0 aliphatic heterocycles. The number of amides is 1. The number of hydrogen-bond acceptors (Lipinski definition) is 12. The minimum absolute atomic E-state index is 0.0125. The van der Waals surface area contributed by atoms with E-state index in [-0.39, 0.29) is 57.5 Å². The molecule has 1 aromatic heterocycles. The highest BCUT2D eigenvalue weighted by molar-refractivity contribution is 7.92. The molecule has 56 heavy (non-hydrogen) atoms. The number of sulfonamides is 1. The van der Waals surface area contributed by atoms with Crippen LogP contribution in [0.1, 0.15) is 69.2 Å². The van der Waals surface area contributed by atoms with E-state index in [0.29, 0.717) is 28.0 Å². The fourth-order valence-electron chi connectivity index (χ4n) is 5.28. The van der Waals surface area contributed by atoms with Crippen LogP contribution in [0.2, 0.25) is 10.0 Å². The van der Waals surface area contributed by atoms with Gasteiger partial charge in [-0.2, -0.15) is 13.1 Å². The molecule has 0 unspecified atom stereocenters. The predicted octanol–water partition coefficient (Wildman–Crippen LogP) is 7.88. The normalized spacial score (nSPS) is 14.8. The number of alkyl halides is 2. The van der Waals surface area contributed by atoms with E-state index in [1.54, 1.807) is 20.8 Å². The molecule has 1 amide bonds. The van der Waals surface area contributed by atoms with Crippen LogP contribution in [0.25, 0.3) is 0 Å². The molecule has 2 aliphatic rings. The van der Waals surface area contributed by atoms with Gasteiger partial charge in [-0.3, -0.25) is 9.78 Å². The van der Waals surface area contributed by atoms with Crippen LogP contribution in [-0.4, -0.2) is 69.7 Å². The maximum absolute atomic E-state index is 13.2. The Morgan fingerprint density at radius 1 is 0.893 bits per heavy atom. The van der Waals surface area contributed by atoms with Gasteiger partial charge in [0, 0.05) is 18.8 Å². The summed E-state index contributed by atoms with van der Waals surface area (Å²) in [7, 11) is -4.25. The van der Waals surface area contributed by atoms with Crippen LogP contribution in [0.5, 0.6) is 17.2 Å². The van der Waals surface area contributed by atoms with E-state index in [9.17, 15) is 31.6 Å². The molecule has 5 rings (SSSR count). The molecule has 1 heterocycles. The maximum atomic E-state index is 13.2. The first kappa shape index (κ1) is 42.7. The van der Waals surface area contributed by atoms with Crippen LogP contribution < -0.4 is 18.5 Å². The second kappa shape index (κ2) is 18.2. The molecule has 18 heteroatoms. The van der Waals surface area contributed by atoms with Gasteiger partial charge in [0.05, 0.1) is 35.9 Å². The summed E-state index contributed by atoms with van der Waals surface area (Å²) in [6, 6.07) is 8.35. The van der Waals surface area contributed by atoms with Gasteiger partial charge in [-0.25, -0.2) is 18.0 Å². The largest absolute Gasteiger partial charge is 0.491 e. The van der Waals surface area contributed by atoms with Crippen molar-refractivity contribution in [3.8, 4) is 17.2 Å². The average Bonchev–Trinajstić information content (AvgIpc) is 4.02. The quantitative estimate of drug-likeness (QED) is 0.0903. The van der Waals surface area contributed by atoms with Crippen molar-refractivity contribution in [3.05, 3.63) is 75.5 Å². The molecule has 0 N–H and O–H groups in total. The Balaban J connectivity index is 1.33. The van der Waals surface area contributed by atoms with E-state index < -0.39 is 59.4 Å². The van der Waals surface area contributed by atoms with Crippen molar-refractivity contribution >= 4 is 56.9 Å². The zero-order chi connectivity index (χ0) is 40.8. The molecule has 1 atom stereocenters. The number of esters is 2. The van der Waals surface area contributed by atoms with Crippen molar-refractivity contribution in [1.29, 1.82) is 0 Å². The van der Waals surface area contributed by atoms with Crippen LogP contribution in [0.15, 0.2) is 48.8 Å². The Labute approximate surface area is 333 Å². The van der Waals surface area contributed by atoms with Gasteiger partial charge in [0.25, 0.3) is 0 Å². The molecule has 13 nitrogen and oxygen atoms in total. The van der Waals surface area contributed by atoms with E-state index in [0.717, 1.165) is 31.9 Å². The Bertz CT molecular complexity index is 2000. The number of benzene rings is 2. The third-order valence-corrected chi connectivity index (χ3v) is 10.0. The smallest absolute Gasteiger partial charge is 0.429 e. The van der Waals surface area contributed by atoms with Gasteiger partial charge < -0.3 is 28.4 Å². The third-order valence-electron chi connectivity index (χ3n) is 8.35. The highest BCUT2D eigenvalue weighted by Gasteiger charge is 2.34. The summed E-state index contributed by atoms with van der Waals surface area (Å²) >= 11 is 12.7. The third kappa shape index (κ3) is 12.8. The average molecular weight is 844 g/mol.